The lowest BCUT2D eigenvalue weighted by Gasteiger charge is -2.19. The van der Waals surface area contributed by atoms with Crippen molar-refractivity contribution in [2.75, 3.05) is 13.1 Å². The maximum Gasteiger partial charge on any atom is 0.261 e. The van der Waals surface area contributed by atoms with Crippen molar-refractivity contribution in [2.24, 2.45) is 11.7 Å². The molecule has 26 heavy (non-hydrogen) atoms. The lowest BCUT2D eigenvalue weighted by atomic mass is 10.0. The van der Waals surface area contributed by atoms with Crippen molar-refractivity contribution in [3.05, 3.63) is 34.9 Å². The van der Waals surface area contributed by atoms with Crippen LogP contribution >= 0.6 is 12.4 Å². The first-order valence-corrected chi connectivity index (χ1v) is 9.08. The minimum Gasteiger partial charge on any atom is -0.349 e. The SMILES string of the molecule is CCCCN1C(=O)c2ccc(C(=O)NC3CCCC3CN)cc2C1=O.Cl. The highest BCUT2D eigenvalue weighted by Crippen LogP contribution is 2.27. The summed E-state index contributed by atoms with van der Waals surface area (Å²) in [5.74, 6) is -0.463. The third-order valence-corrected chi connectivity index (χ3v) is 5.25. The Morgan fingerprint density at radius 1 is 1.23 bits per heavy atom. The molecule has 2 atom stereocenters. The second-order valence-electron chi connectivity index (χ2n) is 6.88. The Balaban J connectivity index is 0.00000243. The third-order valence-electron chi connectivity index (χ3n) is 5.25. The summed E-state index contributed by atoms with van der Waals surface area (Å²) in [5, 5.41) is 3.03. The van der Waals surface area contributed by atoms with E-state index in [1.165, 1.54) is 4.90 Å². The molecule has 0 bridgehead atoms. The molecule has 0 radical (unpaired) electrons. The van der Waals surface area contributed by atoms with Crippen molar-refractivity contribution in [3.63, 3.8) is 0 Å². The van der Waals surface area contributed by atoms with E-state index in [1.54, 1.807) is 18.2 Å². The van der Waals surface area contributed by atoms with Crippen molar-refractivity contribution in [1.82, 2.24) is 10.2 Å². The average molecular weight is 380 g/mol. The van der Waals surface area contributed by atoms with Crippen LogP contribution < -0.4 is 11.1 Å². The van der Waals surface area contributed by atoms with Crippen LogP contribution in [0.2, 0.25) is 0 Å². The van der Waals surface area contributed by atoms with E-state index in [1.807, 2.05) is 6.92 Å². The third kappa shape index (κ3) is 3.76. The fraction of sp³-hybridized carbons (Fsp3) is 0.526. The second-order valence-corrected chi connectivity index (χ2v) is 6.88. The van der Waals surface area contributed by atoms with Crippen LogP contribution in [0, 0.1) is 5.92 Å². The first-order chi connectivity index (χ1) is 12.1. The Morgan fingerprint density at radius 2 is 1.96 bits per heavy atom. The normalized spacial score (nSPS) is 21.5. The summed E-state index contributed by atoms with van der Waals surface area (Å²) in [6.07, 6.45) is 4.72. The summed E-state index contributed by atoms with van der Waals surface area (Å²) in [4.78, 5) is 38.7. The minimum atomic E-state index is -0.302. The van der Waals surface area contributed by atoms with Crippen molar-refractivity contribution in [3.8, 4) is 0 Å². The van der Waals surface area contributed by atoms with Gasteiger partial charge < -0.3 is 11.1 Å². The second kappa shape index (κ2) is 8.64. The largest absolute Gasteiger partial charge is 0.349 e. The highest BCUT2D eigenvalue weighted by molar-refractivity contribution is 6.22. The summed E-state index contributed by atoms with van der Waals surface area (Å²) in [7, 11) is 0. The van der Waals surface area contributed by atoms with Gasteiger partial charge in [0.2, 0.25) is 0 Å². The maximum absolute atomic E-state index is 12.5. The zero-order valence-corrected chi connectivity index (χ0v) is 15.8. The molecule has 1 aromatic rings. The number of carbonyl (C=O) groups is 3. The molecule has 0 aromatic heterocycles. The molecule has 3 N–H and O–H groups in total. The van der Waals surface area contributed by atoms with E-state index in [2.05, 4.69) is 5.32 Å². The number of hydrogen-bond donors (Lipinski definition) is 2. The molecule has 2 unspecified atom stereocenters. The molecule has 3 rings (SSSR count). The highest BCUT2D eigenvalue weighted by atomic mass is 35.5. The van der Waals surface area contributed by atoms with Gasteiger partial charge in [-0.2, -0.15) is 0 Å². The van der Waals surface area contributed by atoms with E-state index in [-0.39, 0.29) is 36.2 Å². The number of fused-ring (bicyclic) bond motifs is 1. The Bertz CT molecular complexity index is 707. The van der Waals surface area contributed by atoms with E-state index in [0.717, 1.165) is 32.1 Å². The zero-order chi connectivity index (χ0) is 18.0. The summed E-state index contributed by atoms with van der Waals surface area (Å²) in [6.45, 7) is 3.00. The molecule has 1 aliphatic heterocycles. The first kappa shape index (κ1) is 20.4. The van der Waals surface area contributed by atoms with Crippen molar-refractivity contribution < 1.29 is 14.4 Å². The predicted octanol–water partition coefficient (Wildman–Crippen LogP) is 2.36. The van der Waals surface area contributed by atoms with Crippen LogP contribution in [0.15, 0.2) is 18.2 Å². The molecule has 0 saturated heterocycles. The number of imide groups is 1. The van der Waals surface area contributed by atoms with Crippen molar-refractivity contribution in [1.29, 1.82) is 0 Å². The van der Waals surface area contributed by atoms with E-state index < -0.39 is 0 Å². The number of benzene rings is 1. The summed E-state index contributed by atoms with van der Waals surface area (Å²) < 4.78 is 0. The van der Waals surface area contributed by atoms with Gasteiger partial charge in [-0.3, -0.25) is 19.3 Å². The first-order valence-electron chi connectivity index (χ1n) is 9.08. The van der Waals surface area contributed by atoms with E-state index >= 15 is 0 Å². The Morgan fingerprint density at radius 3 is 2.65 bits per heavy atom. The molecular formula is C19H26ClN3O3. The molecule has 1 aromatic carbocycles. The van der Waals surface area contributed by atoms with E-state index in [4.69, 9.17) is 5.73 Å². The summed E-state index contributed by atoms with van der Waals surface area (Å²) in [6, 6.07) is 4.84. The lowest BCUT2D eigenvalue weighted by Crippen LogP contribution is -2.39. The smallest absolute Gasteiger partial charge is 0.261 e. The van der Waals surface area contributed by atoms with Crippen LogP contribution in [-0.4, -0.2) is 41.8 Å². The molecule has 142 valence electrons. The average Bonchev–Trinajstić information content (AvgIpc) is 3.16. The fourth-order valence-corrected chi connectivity index (χ4v) is 3.71. The number of nitrogens with two attached hydrogens (primary N) is 1. The van der Waals surface area contributed by atoms with Gasteiger partial charge in [-0.25, -0.2) is 0 Å². The molecule has 1 saturated carbocycles. The monoisotopic (exact) mass is 379 g/mol. The molecule has 0 spiro atoms. The van der Waals surface area contributed by atoms with Crippen LogP contribution in [0.5, 0.6) is 0 Å². The molecule has 7 heteroatoms. The Labute approximate surface area is 159 Å². The van der Waals surface area contributed by atoms with Gasteiger partial charge in [-0.15, -0.1) is 12.4 Å². The van der Waals surface area contributed by atoms with Crippen LogP contribution in [0.1, 0.15) is 70.1 Å². The lowest BCUT2D eigenvalue weighted by molar-refractivity contribution is 0.0652. The van der Waals surface area contributed by atoms with E-state index in [9.17, 15) is 14.4 Å². The van der Waals surface area contributed by atoms with Gasteiger partial charge in [0.05, 0.1) is 11.1 Å². The molecule has 6 nitrogen and oxygen atoms in total. The summed E-state index contributed by atoms with van der Waals surface area (Å²) in [5.41, 5.74) is 6.90. The molecule has 1 aliphatic carbocycles. The predicted molar refractivity (Wildman–Crippen MR) is 102 cm³/mol. The van der Waals surface area contributed by atoms with E-state index in [0.29, 0.717) is 35.7 Å². The minimum absolute atomic E-state index is 0. The molecular weight excluding hydrogens is 354 g/mol. The van der Waals surface area contributed by atoms with Gasteiger partial charge in [0.25, 0.3) is 17.7 Å². The van der Waals surface area contributed by atoms with Gasteiger partial charge in [0.15, 0.2) is 0 Å². The quantitative estimate of drug-likeness (QED) is 0.742. The number of rotatable bonds is 6. The number of nitrogens with zero attached hydrogens (tertiary/aromatic N) is 1. The highest BCUT2D eigenvalue weighted by Gasteiger charge is 2.36. The standard InChI is InChI=1S/C19H25N3O3.ClH/c1-2-3-9-22-18(24)14-8-7-12(10-15(14)19(22)25)17(23)21-16-6-4-5-13(16)11-20;/h7-8,10,13,16H,2-6,9,11,20H2,1H3,(H,21,23);1H. The summed E-state index contributed by atoms with van der Waals surface area (Å²) >= 11 is 0. The maximum atomic E-state index is 12.5. The Kier molecular flexibility index (Phi) is 6.78. The van der Waals surface area contributed by atoms with Gasteiger partial charge >= 0.3 is 0 Å². The van der Waals surface area contributed by atoms with Crippen LogP contribution in [0.25, 0.3) is 0 Å². The number of amides is 3. The number of carbonyl (C=O) groups excluding carboxylic acids is 3. The number of hydrogen-bond acceptors (Lipinski definition) is 4. The number of halogens is 1. The van der Waals surface area contributed by atoms with Gasteiger partial charge in [-0.1, -0.05) is 19.8 Å². The van der Waals surface area contributed by atoms with Gasteiger partial charge in [0.1, 0.15) is 0 Å². The van der Waals surface area contributed by atoms with Crippen LogP contribution in [-0.2, 0) is 0 Å². The van der Waals surface area contributed by atoms with Crippen LogP contribution in [0.4, 0.5) is 0 Å². The van der Waals surface area contributed by atoms with Crippen LogP contribution in [0.3, 0.4) is 0 Å². The Hall–Kier alpha value is -1.92. The van der Waals surface area contributed by atoms with Gasteiger partial charge in [-0.05, 0) is 49.9 Å². The zero-order valence-electron chi connectivity index (χ0n) is 15.0. The van der Waals surface area contributed by atoms with Crippen molar-refractivity contribution in [2.45, 2.75) is 45.1 Å². The topological polar surface area (TPSA) is 92.5 Å². The number of unbranched alkanes of at least 4 members (excludes halogenated alkanes) is 1. The molecule has 3 amide bonds. The fourth-order valence-electron chi connectivity index (χ4n) is 3.71. The number of nitrogens with one attached hydrogen (secondary N) is 1. The van der Waals surface area contributed by atoms with Gasteiger partial charge in [0, 0.05) is 18.2 Å². The van der Waals surface area contributed by atoms with Crippen molar-refractivity contribution >= 4 is 30.1 Å². The molecule has 1 heterocycles. The molecule has 1 fully saturated rings. The molecule has 2 aliphatic rings.